The van der Waals surface area contributed by atoms with E-state index in [1.165, 1.54) is 0 Å². The van der Waals surface area contributed by atoms with Crippen molar-refractivity contribution in [2.45, 2.75) is 16.7 Å². The number of fused-ring (bicyclic) bond motifs is 1. The van der Waals surface area contributed by atoms with E-state index >= 15 is 0 Å². The molecule has 21 heavy (non-hydrogen) atoms. The van der Waals surface area contributed by atoms with E-state index in [4.69, 9.17) is 0 Å². The summed E-state index contributed by atoms with van der Waals surface area (Å²) in [5.41, 5.74) is 2.10. The fourth-order valence-electron chi connectivity index (χ4n) is 2.29. The summed E-state index contributed by atoms with van der Waals surface area (Å²) < 4.78 is 25.2. The SMILES string of the molecule is O=C1Nc2ccccc2C1Nc1ccccc1SC(F)F. The van der Waals surface area contributed by atoms with Crippen molar-refractivity contribution in [1.29, 1.82) is 0 Å². The molecule has 0 radical (unpaired) electrons. The predicted molar refractivity (Wildman–Crippen MR) is 79.7 cm³/mol. The summed E-state index contributed by atoms with van der Waals surface area (Å²) in [7, 11) is 0. The van der Waals surface area contributed by atoms with Crippen LogP contribution >= 0.6 is 11.8 Å². The van der Waals surface area contributed by atoms with Gasteiger partial charge >= 0.3 is 0 Å². The fraction of sp³-hybridized carbons (Fsp3) is 0.133. The highest BCUT2D eigenvalue weighted by Crippen LogP contribution is 2.37. The monoisotopic (exact) mass is 306 g/mol. The van der Waals surface area contributed by atoms with Crippen LogP contribution in [0.1, 0.15) is 11.6 Å². The number of para-hydroxylation sites is 2. The van der Waals surface area contributed by atoms with Crippen LogP contribution in [0.5, 0.6) is 0 Å². The Morgan fingerprint density at radius 1 is 1.10 bits per heavy atom. The molecule has 0 spiro atoms. The van der Waals surface area contributed by atoms with Gasteiger partial charge in [-0.2, -0.15) is 8.78 Å². The number of hydrogen-bond donors (Lipinski definition) is 2. The Labute approximate surface area is 124 Å². The first-order valence-corrected chi connectivity index (χ1v) is 7.23. The van der Waals surface area contributed by atoms with Crippen LogP contribution in [0.4, 0.5) is 20.2 Å². The van der Waals surface area contributed by atoms with E-state index in [2.05, 4.69) is 10.6 Å². The van der Waals surface area contributed by atoms with Gasteiger partial charge in [-0.15, -0.1) is 0 Å². The van der Waals surface area contributed by atoms with E-state index < -0.39 is 11.8 Å². The zero-order chi connectivity index (χ0) is 14.8. The van der Waals surface area contributed by atoms with E-state index in [1.807, 2.05) is 24.3 Å². The van der Waals surface area contributed by atoms with Crippen molar-refractivity contribution in [1.82, 2.24) is 0 Å². The number of benzene rings is 2. The molecule has 1 aliphatic heterocycles. The number of amides is 1. The normalized spacial score (nSPS) is 16.7. The molecule has 0 saturated carbocycles. The second kappa shape index (κ2) is 5.73. The fourth-order valence-corrected chi connectivity index (χ4v) is 2.90. The number of halogens is 2. The summed E-state index contributed by atoms with van der Waals surface area (Å²) >= 11 is 0.463. The van der Waals surface area contributed by atoms with Gasteiger partial charge in [-0.3, -0.25) is 4.79 Å². The van der Waals surface area contributed by atoms with Crippen LogP contribution in [-0.2, 0) is 4.79 Å². The molecule has 2 aromatic carbocycles. The summed E-state index contributed by atoms with van der Waals surface area (Å²) in [5, 5.41) is 5.83. The molecule has 1 heterocycles. The van der Waals surface area contributed by atoms with Crippen molar-refractivity contribution >= 4 is 29.0 Å². The van der Waals surface area contributed by atoms with Crippen LogP contribution < -0.4 is 10.6 Å². The third-order valence-electron chi connectivity index (χ3n) is 3.19. The third kappa shape index (κ3) is 2.85. The molecule has 1 aliphatic rings. The van der Waals surface area contributed by atoms with Gasteiger partial charge in [-0.05, 0) is 18.2 Å². The second-order valence-electron chi connectivity index (χ2n) is 4.53. The Hall–Kier alpha value is -2.08. The molecule has 1 unspecified atom stereocenters. The number of hydrogen-bond acceptors (Lipinski definition) is 3. The zero-order valence-electron chi connectivity index (χ0n) is 10.8. The highest BCUT2D eigenvalue weighted by molar-refractivity contribution is 7.99. The van der Waals surface area contributed by atoms with E-state index in [0.717, 1.165) is 11.3 Å². The lowest BCUT2D eigenvalue weighted by Crippen LogP contribution is -2.20. The molecule has 108 valence electrons. The zero-order valence-corrected chi connectivity index (χ0v) is 11.7. The molecule has 1 amide bonds. The summed E-state index contributed by atoms with van der Waals surface area (Å²) in [6.45, 7) is 0. The van der Waals surface area contributed by atoms with Crippen LogP contribution in [0.2, 0.25) is 0 Å². The molecular formula is C15H12F2N2OS. The predicted octanol–water partition coefficient (Wildman–Crippen LogP) is 4.11. The lowest BCUT2D eigenvalue weighted by atomic mass is 10.1. The van der Waals surface area contributed by atoms with Gasteiger partial charge in [0.15, 0.2) is 0 Å². The molecule has 0 fully saturated rings. The molecule has 0 saturated heterocycles. The van der Waals surface area contributed by atoms with Crippen molar-refractivity contribution in [3.05, 3.63) is 54.1 Å². The summed E-state index contributed by atoms with van der Waals surface area (Å²) in [6.07, 6.45) is 0. The average molecular weight is 306 g/mol. The largest absolute Gasteiger partial charge is 0.369 e. The standard InChI is InChI=1S/C15H12F2N2OS/c16-15(17)21-12-8-4-3-7-11(12)18-13-9-5-1-2-6-10(9)19-14(13)20/h1-8,13,15,18H,(H,19,20). The maximum Gasteiger partial charge on any atom is 0.288 e. The van der Waals surface area contributed by atoms with Crippen molar-refractivity contribution < 1.29 is 13.6 Å². The van der Waals surface area contributed by atoms with Crippen LogP contribution in [0, 0.1) is 0 Å². The number of thioether (sulfide) groups is 1. The van der Waals surface area contributed by atoms with Gasteiger partial charge in [0.05, 0.1) is 0 Å². The smallest absolute Gasteiger partial charge is 0.288 e. The lowest BCUT2D eigenvalue weighted by molar-refractivity contribution is -0.116. The third-order valence-corrected chi connectivity index (χ3v) is 3.98. The van der Waals surface area contributed by atoms with E-state index in [0.29, 0.717) is 22.3 Å². The number of rotatable bonds is 4. The van der Waals surface area contributed by atoms with E-state index in [-0.39, 0.29) is 5.91 Å². The van der Waals surface area contributed by atoms with Gasteiger partial charge in [0.1, 0.15) is 6.04 Å². The van der Waals surface area contributed by atoms with Gasteiger partial charge in [-0.25, -0.2) is 0 Å². The van der Waals surface area contributed by atoms with Gasteiger partial charge in [0.2, 0.25) is 0 Å². The first-order valence-electron chi connectivity index (χ1n) is 6.35. The average Bonchev–Trinajstić information content (AvgIpc) is 2.77. The molecule has 1 atom stereocenters. The van der Waals surface area contributed by atoms with Crippen LogP contribution in [0.15, 0.2) is 53.4 Å². The maximum atomic E-state index is 12.6. The van der Waals surface area contributed by atoms with Crippen molar-refractivity contribution in [2.24, 2.45) is 0 Å². The quantitative estimate of drug-likeness (QED) is 0.835. The number of anilines is 2. The minimum absolute atomic E-state index is 0.187. The summed E-state index contributed by atoms with van der Waals surface area (Å²) in [4.78, 5) is 12.5. The van der Waals surface area contributed by atoms with Gasteiger partial charge in [0, 0.05) is 21.8 Å². The molecule has 0 aromatic heterocycles. The van der Waals surface area contributed by atoms with Crippen LogP contribution in [0.3, 0.4) is 0 Å². The van der Waals surface area contributed by atoms with Crippen LogP contribution in [0.25, 0.3) is 0 Å². The van der Waals surface area contributed by atoms with E-state index in [9.17, 15) is 13.6 Å². The topological polar surface area (TPSA) is 41.1 Å². The Morgan fingerprint density at radius 2 is 1.81 bits per heavy atom. The highest BCUT2D eigenvalue weighted by Gasteiger charge is 2.30. The van der Waals surface area contributed by atoms with Crippen molar-refractivity contribution in [3.8, 4) is 0 Å². The number of carbonyl (C=O) groups is 1. The molecule has 2 N–H and O–H groups in total. The molecule has 2 aromatic rings. The molecule has 3 rings (SSSR count). The Morgan fingerprint density at radius 3 is 2.62 bits per heavy atom. The van der Waals surface area contributed by atoms with Gasteiger partial charge < -0.3 is 10.6 Å². The second-order valence-corrected chi connectivity index (χ2v) is 5.56. The van der Waals surface area contributed by atoms with Gasteiger partial charge in [-0.1, -0.05) is 42.1 Å². The Balaban J connectivity index is 1.89. The van der Waals surface area contributed by atoms with Crippen molar-refractivity contribution in [2.75, 3.05) is 10.6 Å². The number of nitrogens with one attached hydrogen (secondary N) is 2. The minimum Gasteiger partial charge on any atom is -0.369 e. The summed E-state index contributed by atoms with van der Waals surface area (Å²) in [6, 6.07) is 13.5. The number of carbonyl (C=O) groups excluding carboxylic acids is 1. The lowest BCUT2D eigenvalue weighted by Gasteiger charge is -2.16. The van der Waals surface area contributed by atoms with Crippen molar-refractivity contribution in [3.63, 3.8) is 0 Å². The first kappa shape index (κ1) is 13.9. The molecule has 0 aliphatic carbocycles. The maximum absolute atomic E-state index is 12.6. The summed E-state index contributed by atoms with van der Waals surface area (Å²) in [5.74, 6) is -2.69. The van der Waals surface area contributed by atoms with E-state index in [1.54, 1.807) is 24.3 Å². The minimum atomic E-state index is -2.50. The highest BCUT2D eigenvalue weighted by atomic mass is 32.2. The number of alkyl halides is 2. The molecule has 0 bridgehead atoms. The molecular weight excluding hydrogens is 294 g/mol. The first-order chi connectivity index (χ1) is 10.1. The van der Waals surface area contributed by atoms with Gasteiger partial charge in [0.25, 0.3) is 11.7 Å². The molecule has 6 heteroatoms. The van der Waals surface area contributed by atoms with Crippen LogP contribution in [-0.4, -0.2) is 11.7 Å². The Kier molecular flexibility index (Phi) is 3.79. The Bertz CT molecular complexity index is 678. The molecule has 3 nitrogen and oxygen atoms in total.